The van der Waals surface area contributed by atoms with E-state index in [1.54, 1.807) is 18.2 Å². The van der Waals surface area contributed by atoms with Crippen molar-refractivity contribution in [2.45, 2.75) is 26.2 Å². The van der Waals surface area contributed by atoms with Crippen molar-refractivity contribution in [2.24, 2.45) is 0 Å². The summed E-state index contributed by atoms with van der Waals surface area (Å²) >= 11 is 0. The van der Waals surface area contributed by atoms with E-state index in [1.165, 1.54) is 23.8 Å². The van der Waals surface area contributed by atoms with Crippen molar-refractivity contribution in [2.75, 3.05) is 5.32 Å². The highest BCUT2D eigenvalue weighted by molar-refractivity contribution is 6.01. The van der Waals surface area contributed by atoms with E-state index in [2.05, 4.69) is 38.2 Å². The molecule has 0 bridgehead atoms. The molecule has 2 aromatic rings. The number of benzene rings is 2. The lowest BCUT2D eigenvalue weighted by molar-refractivity contribution is -0.111. The van der Waals surface area contributed by atoms with Crippen molar-refractivity contribution in [1.29, 1.82) is 0 Å². The number of rotatable bonds is 3. The van der Waals surface area contributed by atoms with Crippen LogP contribution in [-0.4, -0.2) is 5.91 Å². The number of nitrogens with one attached hydrogen (secondary N) is 1. The molecule has 0 heterocycles. The smallest absolute Gasteiger partial charge is 0.248 e. The molecule has 0 spiro atoms. The van der Waals surface area contributed by atoms with Crippen molar-refractivity contribution in [3.05, 3.63) is 71.6 Å². The lowest BCUT2D eigenvalue weighted by atomic mass is 9.87. The molecule has 0 fully saturated rings. The molecule has 114 valence electrons. The molecule has 22 heavy (non-hydrogen) atoms. The molecular weight excluding hydrogens is 277 g/mol. The SMILES string of the molecule is CC(C)(C)c1ccc(C=CC(=O)Nc2ccccc2F)cc1. The molecule has 0 aromatic heterocycles. The first kappa shape index (κ1) is 16.0. The van der Waals surface area contributed by atoms with Crippen LogP contribution in [0.2, 0.25) is 0 Å². The summed E-state index contributed by atoms with van der Waals surface area (Å²) in [5.41, 5.74) is 2.45. The average molecular weight is 297 g/mol. The van der Waals surface area contributed by atoms with Gasteiger partial charge >= 0.3 is 0 Å². The van der Waals surface area contributed by atoms with Gasteiger partial charge in [-0.1, -0.05) is 57.2 Å². The molecule has 0 radical (unpaired) electrons. The van der Waals surface area contributed by atoms with Gasteiger partial charge in [0.1, 0.15) is 5.82 Å². The van der Waals surface area contributed by atoms with Gasteiger partial charge < -0.3 is 5.32 Å². The molecule has 0 saturated heterocycles. The second-order valence-electron chi connectivity index (χ2n) is 6.17. The van der Waals surface area contributed by atoms with Crippen LogP contribution in [0.4, 0.5) is 10.1 Å². The van der Waals surface area contributed by atoms with Crippen LogP contribution in [0.25, 0.3) is 6.08 Å². The Labute approximate surface area is 130 Å². The number of amides is 1. The number of hydrogen-bond acceptors (Lipinski definition) is 1. The normalized spacial score (nSPS) is 11.6. The lowest BCUT2D eigenvalue weighted by Gasteiger charge is -2.18. The molecule has 1 N–H and O–H groups in total. The van der Waals surface area contributed by atoms with Crippen molar-refractivity contribution in [3.8, 4) is 0 Å². The van der Waals surface area contributed by atoms with E-state index < -0.39 is 5.82 Å². The maximum atomic E-state index is 13.4. The summed E-state index contributed by atoms with van der Waals surface area (Å²) in [6.45, 7) is 6.46. The van der Waals surface area contributed by atoms with Crippen molar-refractivity contribution >= 4 is 17.7 Å². The predicted molar refractivity (Wildman–Crippen MR) is 89.2 cm³/mol. The van der Waals surface area contributed by atoms with Gasteiger partial charge in [0.15, 0.2) is 0 Å². The number of para-hydroxylation sites is 1. The number of anilines is 1. The summed E-state index contributed by atoms with van der Waals surface area (Å²) in [4.78, 5) is 11.8. The molecule has 0 aliphatic carbocycles. The Balaban J connectivity index is 2.02. The van der Waals surface area contributed by atoms with Crippen LogP contribution in [-0.2, 0) is 10.2 Å². The summed E-state index contributed by atoms with van der Waals surface area (Å²) < 4.78 is 13.4. The molecule has 1 amide bonds. The van der Waals surface area contributed by atoms with E-state index >= 15 is 0 Å². The van der Waals surface area contributed by atoms with Crippen LogP contribution in [0.3, 0.4) is 0 Å². The number of halogens is 1. The summed E-state index contributed by atoms with van der Waals surface area (Å²) in [5, 5.41) is 2.52. The molecular formula is C19H20FNO. The van der Waals surface area contributed by atoms with Crippen molar-refractivity contribution in [1.82, 2.24) is 0 Å². The van der Waals surface area contributed by atoms with E-state index in [0.717, 1.165) is 5.56 Å². The van der Waals surface area contributed by atoms with Gasteiger partial charge in [0.2, 0.25) is 5.91 Å². The Morgan fingerprint density at radius 2 is 1.68 bits per heavy atom. The summed E-state index contributed by atoms with van der Waals surface area (Å²) in [5.74, 6) is -0.802. The summed E-state index contributed by atoms with van der Waals surface area (Å²) in [6, 6.07) is 14.1. The molecule has 2 nitrogen and oxygen atoms in total. The van der Waals surface area contributed by atoms with Gasteiger partial charge in [0.05, 0.1) is 5.69 Å². The molecule has 0 aliphatic heterocycles. The fraction of sp³-hybridized carbons (Fsp3) is 0.211. The topological polar surface area (TPSA) is 29.1 Å². The third-order valence-electron chi connectivity index (χ3n) is 3.34. The minimum absolute atomic E-state index is 0.102. The first-order chi connectivity index (χ1) is 10.4. The van der Waals surface area contributed by atoms with Gasteiger partial charge in [0.25, 0.3) is 0 Å². The van der Waals surface area contributed by atoms with Gasteiger partial charge in [0, 0.05) is 6.08 Å². The van der Waals surface area contributed by atoms with E-state index in [9.17, 15) is 9.18 Å². The fourth-order valence-electron chi connectivity index (χ4n) is 2.00. The van der Waals surface area contributed by atoms with Gasteiger partial charge in [-0.15, -0.1) is 0 Å². The molecule has 0 saturated carbocycles. The Hall–Kier alpha value is -2.42. The highest BCUT2D eigenvalue weighted by atomic mass is 19.1. The number of carbonyl (C=O) groups excluding carboxylic acids is 1. The first-order valence-electron chi connectivity index (χ1n) is 7.20. The standard InChI is InChI=1S/C19H20FNO/c1-19(2,3)15-11-8-14(9-12-15)10-13-18(22)21-17-7-5-4-6-16(17)20/h4-13H,1-3H3,(H,21,22). The Morgan fingerprint density at radius 1 is 1.05 bits per heavy atom. The maximum Gasteiger partial charge on any atom is 0.248 e. The minimum atomic E-state index is -0.446. The molecule has 0 aliphatic rings. The van der Waals surface area contributed by atoms with Crippen molar-refractivity contribution < 1.29 is 9.18 Å². The van der Waals surface area contributed by atoms with E-state index in [1.807, 2.05) is 12.1 Å². The molecule has 0 atom stereocenters. The highest BCUT2D eigenvalue weighted by Gasteiger charge is 2.12. The van der Waals surface area contributed by atoms with Crippen LogP contribution in [0.1, 0.15) is 31.9 Å². The summed E-state index contributed by atoms with van der Waals surface area (Å²) in [6.07, 6.45) is 3.11. The Kier molecular flexibility index (Phi) is 4.76. The molecule has 0 unspecified atom stereocenters. The fourth-order valence-corrected chi connectivity index (χ4v) is 2.00. The highest BCUT2D eigenvalue weighted by Crippen LogP contribution is 2.22. The van der Waals surface area contributed by atoms with Crippen molar-refractivity contribution in [3.63, 3.8) is 0 Å². The second-order valence-corrected chi connectivity index (χ2v) is 6.17. The van der Waals surface area contributed by atoms with E-state index in [0.29, 0.717) is 0 Å². The zero-order chi connectivity index (χ0) is 16.2. The van der Waals surface area contributed by atoms with Gasteiger partial charge in [-0.3, -0.25) is 4.79 Å². The predicted octanol–water partition coefficient (Wildman–Crippen LogP) is 4.78. The van der Waals surface area contributed by atoms with Crippen LogP contribution >= 0.6 is 0 Å². The van der Waals surface area contributed by atoms with Crippen LogP contribution in [0.5, 0.6) is 0 Å². The third-order valence-corrected chi connectivity index (χ3v) is 3.34. The third kappa shape index (κ3) is 4.29. The Bertz CT molecular complexity index is 681. The molecule has 2 rings (SSSR count). The first-order valence-corrected chi connectivity index (χ1v) is 7.20. The van der Waals surface area contributed by atoms with Crippen LogP contribution in [0, 0.1) is 5.82 Å². The Morgan fingerprint density at radius 3 is 2.27 bits per heavy atom. The van der Waals surface area contributed by atoms with Gasteiger partial charge in [-0.2, -0.15) is 0 Å². The van der Waals surface area contributed by atoms with Crippen LogP contribution < -0.4 is 5.32 Å². The van der Waals surface area contributed by atoms with E-state index in [-0.39, 0.29) is 17.0 Å². The van der Waals surface area contributed by atoms with E-state index in [4.69, 9.17) is 0 Å². The minimum Gasteiger partial charge on any atom is -0.320 e. The molecule has 3 heteroatoms. The number of hydrogen-bond donors (Lipinski definition) is 1. The largest absolute Gasteiger partial charge is 0.320 e. The van der Waals surface area contributed by atoms with Gasteiger partial charge in [-0.05, 0) is 34.8 Å². The maximum absolute atomic E-state index is 13.4. The summed E-state index contributed by atoms with van der Waals surface area (Å²) in [7, 11) is 0. The zero-order valence-electron chi connectivity index (χ0n) is 13.1. The van der Waals surface area contributed by atoms with Crippen LogP contribution in [0.15, 0.2) is 54.6 Å². The number of carbonyl (C=O) groups is 1. The lowest BCUT2D eigenvalue weighted by Crippen LogP contribution is -2.10. The van der Waals surface area contributed by atoms with Gasteiger partial charge in [-0.25, -0.2) is 4.39 Å². The molecule has 2 aromatic carbocycles. The zero-order valence-corrected chi connectivity index (χ0v) is 13.1. The average Bonchev–Trinajstić information content (AvgIpc) is 2.47. The monoisotopic (exact) mass is 297 g/mol. The second kappa shape index (κ2) is 6.56. The quantitative estimate of drug-likeness (QED) is 0.812.